The Bertz CT molecular complexity index is 1350. The number of fused-ring (bicyclic) bond motifs is 4. The van der Waals surface area contributed by atoms with Crippen LogP contribution < -0.4 is 18.9 Å². The number of carbonyl (C=O) groups excluding carboxylic acids is 1. The van der Waals surface area contributed by atoms with Crippen LogP contribution in [0.3, 0.4) is 0 Å². The predicted molar refractivity (Wildman–Crippen MR) is 138 cm³/mol. The molecule has 4 aliphatic heterocycles. The number of benzene rings is 2. The zero-order valence-electron chi connectivity index (χ0n) is 23.1. The Kier molecular flexibility index (Phi) is 6.83. The molecule has 0 bridgehead atoms. The highest BCUT2D eigenvalue weighted by atomic mass is 16.8. The summed E-state index contributed by atoms with van der Waals surface area (Å²) >= 11 is 0. The van der Waals surface area contributed by atoms with Crippen LogP contribution in [0.4, 0.5) is 0 Å². The van der Waals surface area contributed by atoms with Crippen molar-refractivity contribution in [3.63, 3.8) is 0 Å². The number of phenolic OH excluding ortho intramolecular Hbond substituents is 1. The Morgan fingerprint density at radius 2 is 1.57 bits per heavy atom. The Morgan fingerprint density at radius 3 is 2.26 bits per heavy atom. The van der Waals surface area contributed by atoms with E-state index in [0.29, 0.717) is 28.2 Å². The zero-order chi connectivity index (χ0) is 29.3. The molecular formula is C29H32O13. The molecule has 0 aromatic heterocycles. The van der Waals surface area contributed by atoms with E-state index in [1.54, 1.807) is 31.2 Å². The number of aromatic hydroxyl groups is 1. The van der Waals surface area contributed by atoms with Crippen molar-refractivity contribution in [2.24, 2.45) is 11.8 Å². The van der Waals surface area contributed by atoms with E-state index in [-0.39, 0.29) is 37.3 Å². The second-order valence-corrected chi connectivity index (χ2v) is 11.0. The number of phenols is 1. The molecule has 3 saturated heterocycles. The van der Waals surface area contributed by atoms with Crippen molar-refractivity contribution >= 4 is 5.97 Å². The average Bonchev–Trinajstić information content (AvgIpc) is 3.61. The van der Waals surface area contributed by atoms with Crippen molar-refractivity contribution in [3.05, 3.63) is 41.0 Å². The van der Waals surface area contributed by atoms with E-state index in [2.05, 4.69) is 0 Å². The van der Waals surface area contributed by atoms with Crippen molar-refractivity contribution in [3.8, 4) is 28.7 Å². The summed E-state index contributed by atoms with van der Waals surface area (Å²) in [4.78, 5) is 13.4. The number of aliphatic hydroxyl groups is 2. The molecule has 42 heavy (non-hydrogen) atoms. The molecule has 4 heterocycles. The van der Waals surface area contributed by atoms with Gasteiger partial charge in [-0.2, -0.15) is 0 Å². The minimum Gasteiger partial charge on any atom is -0.502 e. The number of methoxy groups -OCH3 is 2. The van der Waals surface area contributed by atoms with Gasteiger partial charge in [0.15, 0.2) is 35.6 Å². The topological polar surface area (TPSA) is 161 Å². The van der Waals surface area contributed by atoms with Crippen LogP contribution >= 0.6 is 0 Å². The van der Waals surface area contributed by atoms with E-state index < -0.39 is 66.8 Å². The van der Waals surface area contributed by atoms with Gasteiger partial charge in [-0.3, -0.25) is 4.79 Å². The number of cyclic esters (lactones) is 1. The van der Waals surface area contributed by atoms with Crippen LogP contribution in [0.25, 0.3) is 0 Å². The smallest absolute Gasteiger partial charge is 0.310 e. The molecule has 13 heteroatoms. The summed E-state index contributed by atoms with van der Waals surface area (Å²) in [5, 5.41) is 32.5. The lowest BCUT2D eigenvalue weighted by Crippen LogP contribution is -2.63. The summed E-state index contributed by atoms with van der Waals surface area (Å²) in [7, 11) is 2.86. The van der Waals surface area contributed by atoms with Gasteiger partial charge in [-0.1, -0.05) is 0 Å². The van der Waals surface area contributed by atoms with Crippen LogP contribution in [0.15, 0.2) is 24.3 Å². The van der Waals surface area contributed by atoms with Gasteiger partial charge in [-0.15, -0.1) is 0 Å². The van der Waals surface area contributed by atoms with Crippen molar-refractivity contribution in [2.75, 3.05) is 34.2 Å². The summed E-state index contributed by atoms with van der Waals surface area (Å²) in [6, 6.07) is 6.93. The molecule has 13 nitrogen and oxygen atoms in total. The number of hydrogen-bond donors (Lipinski definition) is 3. The maximum atomic E-state index is 13.4. The van der Waals surface area contributed by atoms with Gasteiger partial charge in [0.2, 0.25) is 12.5 Å². The van der Waals surface area contributed by atoms with Gasteiger partial charge in [0.25, 0.3) is 0 Å². The van der Waals surface area contributed by atoms with E-state index in [1.807, 2.05) is 0 Å². The second-order valence-electron chi connectivity index (χ2n) is 11.0. The third-order valence-corrected chi connectivity index (χ3v) is 8.75. The van der Waals surface area contributed by atoms with Crippen LogP contribution in [0, 0.1) is 11.8 Å². The number of ether oxygens (including phenoxy) is 9. The third kappa shape index (κ3) is 4.26. The van der Waals surface area contributed by atoms with E-state index in [0.717, 1.165) is 0 Å². The normalized spacial score (nSPS) is 36.5. The van der Waals surface area contributed by atoms with E-state index in [4.69, 9.17) is 42.6 Å². The minimum atomic E-state index is -1.44. The third-order valence-electron chi connectivity index (χ3n) is 8.75. The maximum absolute atomic E-state index is 13.4. The first-order valence-corrected chi connectivity index (χ1v) is 13.8. The summed E-state index contributed by atoms with van der Waals surface area (Å²) in [5.41, 5.74) is 2.01. The van der Waals surface area contributed by atoms with E-state index in [9.17, 15) is 20.1 Å². The molecule has 5 aliphatic rings. The number of hydrogen-bond acceptors (Lipinski definition) is 13. The van der Waals surface area contributed by atoms with Gasteiger partial charge < -0.3 is 58.0 Å². The van der Waals surface area contributed by atoms with Crippen LogP contribution in [-0.4, -0.2) is 92.5 Å². The molecule has 1 aliphatic carbocycles. The van der Waals surface area contributed by atoms with Gasteiger partial charge in [0.1, 0.15) is 24.4 Å². The molecule has 3 fully saturated rings. The van der Waals surface area contributed by atoms with Crippen LogP contribution in [0.5, 0.6) is 28.7 Å². The fourth-order valence-electron chi connectivity index (χ4n) is 6.74. The molecule has 0 radical (unpaired) electrons. The predicted octanol–water partition coefficient (Wildman–Crippen LogP) is 1.34. The molecule has 10 atom stereocenters. The molecule has 2 aromatic rings. The molecule has 0 spiro atoms. The van der Waals surface area contributed by atoms with Gasteiger partial charge in [-0.25, -0.2) is 0 Å². The van der Waals surface area contributed by atoms with E-state index >= 15 is 0 Å². The van der Waals surface area contributed by atoms with Crippen LogP contribution in [0.2, 0.25) is 0 Å². The monoisotopic (exact) mass is 588 g/mol. The lowest BCUT2D eigenvalue weighted by atomic mass is 9.66. The fraction of sp³-hybridized carbons (Fsp3) is 0.552. The van der Waals surface area contributed by atoms with Crippen molar-refractivity contribution in [2.45, 2.75) is 55.9 Å². The number of rotatable bonds is 5. The van der Waals surface area contributed by atoms with E-state index in [1.165, 1.54) is 14.2 Å². The Labute approximate surface area is 240 Å². The standard InChI is InChI=1S/C29H32O13/c1-11-36-9-20-27(40-11)24(31)25(32)29(41-20)42-26-14-7-17-16(38-10-39-17)6-13(14)21(22-15(26)8-37-28(22)33)12-4-18(34-2)23(30)19(5-12)35-3/h4-7,11,15,20-22,24-27,29-32H,8-10H2,1-3H3/t11-,15-,20+,21-,22-,24+,25-,26-,27+,29+/m1/s1. The summed E-state index contributed by atoms with van der Waals surface area (Å²) in [5.74, 6) is -1.02. The van der Waals surface area contributed by atoms with Crippen LogP contribution in [-0.2, 0) is 28.5 Å². The number of esters is 1. The molecule has 226 valence electrons. The Balaban J connectivity index is 1.32. The summed E-state index contributed by atoms with van der Waals surface area (Å²) < 4.78 is 51.5. The highest BCUT2D eigenvalue weighted by Gasteiger charge is 2.56. The quantitative estimate of drug-likeness (QED) is 0.430. The zero-order valence-corrected chi connectivity index (χ0v) is 23.1. The highest BCUT2D eigenvalue weighted by Crippen LogP contribution is 2.57. The lowest BCUT2D eigenvalue weighted by Gasteiger charge is -2.47. The molecule has 7 rings (SSSR count). The second kappa shape index (κ2) is 10.4. The number of carbonyl (C=O) groups is 1. The minimum absolute atomic E-state index is 0.0301. The summed E-state index contributed by atoms with van der Waals surface area (Å²) in [6.07, 6.45) is -6.80. The lowest BCUT2D eigenvalue weighted by molar-refractivity contribution is -0.364. The van der Waals surface area contributed by atoms with Crippen molar-refractivity contribution in [1.82, 2.24) is 0 Å². The van der Waals surface area contributed by atoms with Gasteiger partial charge >= 0.3 is 5.97 Å². The van der Waals surface area contributed by atoms with Crippen molar-refractivity contribution in [1.29, 1.82) is 0 Å². The maximum Gasteiger partial charge on any atom is 0.310 e. The molecule has 3 N–H and O–H groups in total. The van der Waals surface area contributed by atoms with Crippen molar-refractivity contribution < 1.29 is 62.7 Å². The first-order chi connectivity index (χ1) is 20.3. The SMILES string of the molecule is COc1cc([C@@H]2c3cc4c(cc3[C@@H](O[C@@H]3O[C@H]5CO[C@@H](C)O[C@@H]5[C@@H](O)[C@H]3O)[C@@H]3COC(=O)[C@@H]23)OCO4)cc(OC)c1O. The molecule has 0 unspecified atom stereocenters. The molecule has 0 saturated carbocycles. The molecule has 2 aromatic carbocycles. The fourth-order valence-corrected chi connectivity index (χ4v) is 6.74. The van der Waals surface area contributed by atoms with Gasteiger partial charge in [0, 0.05) is 11.8 Å². The largest absolute Gasteiger partial charge is 0.502 e. The van der Waals surface area contributed by atoms with Gasteiger partial charge in [0.05, 0.1) is 39.5 Å². The average molecular weight is 589 g/mol. The first kappa shape index (κ1) is 27.5. The summed E-state index contributed by atoms with van der Waals surface area (Å²) in [6.45, 7) is 1.93. The Morgan fingerprint density at radius 1 is 0.881 bits per heavy atom. The van der Waals surface area contributed by atoms with Gasteiger partial charge in [-0.05, 0) is 47.9 Å². The number of aliphatic hydroxyl groups excluding tert-OH is 2. The molecule has 0 amide bonds. The Hall–Kier alpha value is -3.33. The molecular weight excluding hydrogens is 556 g/mol. The first-order valence-electron chi connectivity index (χ1n) is 13.8. The highest BCUT2D eigenvalue weighted by molar-refractivity contribution is 5.79. The van der Waals surface area contributed by atoms with Crippen LogP contribution in [0.1, 0.15) is 35.6 Å².